The Morgan fingerprint density at radius 2 is 1.73 bits per heavy atom. The Hall–Kier alpha value is -3.80. The van der Waals surface area contributed by atoms with Gasteiger partial charge in [0.15, 0.2) is 0 Å². The van der Waals surface area contributed by atoms with E-state index in [4.69, 9.17) is 14.5 Å². The summed E-state index contributed by atoms with van der Waals surface area (Å²) in [6.07, 6.45) is 0.821. The van der Waals surface area contributed by atoms with Gasteiger partial charge in [0.2, 0.25) is 0 Å². The highest BCUT2D eigenvalue weighted by atomic mass is 16.5. The van der Waals surface area contributed by atoms with Crippen LogP contribution in [0.25, 0.3) is 11.0 Å². The van der Waals surface area contributed by atoms with Crippen molar-refractivity contribution >= 4 is 16.9 Å². The van der Waals surface area contributed by atoms with E-state index in [1.54, 1.807) is 19.2 Å². The quantitative estimate of drug-likeness (QED) is 0.367. The van der Waals surface area contributed by atoms with Crippen molar-refractivity contribution in [2.24, 2.45) is 0 Å². The van der Waals surface area contributed by atoms with Crippen LogP contribution in [0.5, 0.6) is 11.5 Å². The number of hydrogen-bond donors (Lipinski definition) is 1. The van der Waals surface area contributed by atoms with Crippen LogP contribution in [0.4, 0.5) is 0 Å². The van der Waals surface area contributed by atoms with Crippen molar-refractivity contribution in [2.75, 3.05) is 13.7 Å². The summed E-state index contributed by atoms with van der Waals surface area (Å²) >= 11 is 0. The van der Waals surface area contributed by atoms with Gasteiger partial charge in [0.05, 0.1) is 36.9 Å². The fourth-order valence-corrected chi connectivity index (χ4v) is 3.88. The molecule has 0 radical (unpaired) electrons. The molecule has 0 spiro atoms. The minimum atomic E-state index is -0.190. The number of nitrogens with zero attached hydrogens (tertiary/aromatic N) is 2. The first kappa shape index (κ1) is 22.4. The highest BCUT2D eigenvalue weighted by Gasteiger charge is 2.15. The molecule has 0 saturated carbocycles. The van der Waals surface area contributed by atoms with Crippen molar-refractivity contribution in [1.82, 2.24) is 14.9 Å². The van der Waals surface area contributed by atoms with Gasteiger partial charge in [0, 0.05) is 6.54 Å². The number of rotatable bonds is 9. The summed E-state index contributed by atoms with van der Waals surface area (Å²) in [6.45, 7) is 5.83. The number of hydrogen-bond acceptors (Lipinski definition) is 4. The third kappa shape index (κ3) is 5.00. The van der Waals surface area contributed by atoms with Crippen LogP contribution in [0.3, 0.4) is 0 Å². The highest BCUT2D eigenvalue weighted by molar-refractivity contribution is 5.96. The molecule has 4 aromatic rings. The summed E-state index contributed by atoms with van der Waals surface area (Å²) in [5, 5.41) is 2.99. The average molecular weight is 444 g/mol. The fraction of sp³-hybridized carbons (Fsp3) is 0.259. The number of amides is 1. The molecule has 6 nitrogen and oxygen atoms in total. The van der Waals surface area contributed by atoms with E-state index in [1.165, 1.54) is 11.1 Å². The molecule has 0 bridgehead atoms. The molecule has 3 aromatic carbocycles. The number of imidazole rings is 1. The van der Waals surface area contributed by atoms with E-state index in [0.717, 1.165) is 35.6 Å². The van der Waals surface area contributed by atoms with E-state index < -0.39 is 0 Å². The fourth-order valence-electron chi connectivity index (χ4n) is 3.88. The number of methoxy groups -OCH3 is 1. The maximum Gasteiger partial charge on any atom is 0.255 e. The van der Waals surface area contributed by atoms with Crippen molar-refractivity contribution in [3.05, 3.63) is 89.2 Å². The minimum absolute atomic E-state index is 0.190. The minimum Gasteiger partial charge on any atom is -0.496 e. The molecule has 0 aliphatic carbocycles. The molecule has 0 unspecified atom stereocenters. The van der Waals surface area contributed by atoms with Gasteiger partial charge in [-0.05, 0) is 61.7 Å². The van der Waals surface area contributed by atoms with Gasteiger partial charge in [-0.2, -0.15) is 0 Å². The highest BCUT2D eigenvalue weighted by Crippen LogP contribution is 2.22. The number of aryl methyl sites for hydroxylation is 2. The van der Waals surface area contributed by atoms with E-state index in [0.29, 0.717) is 24.5 Å². The van der Waals surface area contributed by atoms with Crippen molar-refractivity contribution in [1.29, 1.82) is 0 Å². The Morgan fingerprint density at radius 1 is 0.970 bits per heavy atom. The zero-order chi connectivity index (χ0) is 23.2. The Morgan fingerprint density at radius 3 is 2.58 bits per heavy atom. The van der Waals surface area contributed by atoms with Gasteiger partial charge >= 0.3 is 0 Å². The molecular weight excluding hydrogens is 414 g/mol. The third-order valence-corrected chi connectivity index (χ3v) is 5.83. The predicted molar refractivity (Wildman–Crippen MR) is 130 cm³/mol. The SMILES string of the molecule is COc1ccccc1C(=O)NCc1nc2ccccc2n1CCCOc1cccc(C)c1C. The largest absolute Gasteiger partial charge is 0.496 e. The second-order valence-electron chi connectivity index (χ2n) is 7.95. The molecule has 1 aromatic heterocycles. The van der Waals surface area contributed by atoms with Crippen LogP contribution in [0.15, 0.2) is 66.7 Å². The molecule has 4 rings (SSSR count). The lowest BCUT2D eigenvalue weighted by molar-refractivity contribution is 0.0946. The molecule has 0 fully saturated rings. The molecule has 1 heterocycles. The van der Waals surface area contributed by atoms with Crippen LogP contribution in [0.1, 0.15) is 33.7 Å². The Bertz CT molecular complexity index is 1260. The number of ether oxygens (including phenoxy) is 2. The van der Waals surface area contributed by atoms with Crippen molar-refractivity contribution in [3.8, 4) is 11.5 Å². The summed E-state index contributed by atoms with van der Waals surface area (Å²) < 4.78 is 13.5. The Kier molecular flexibility index (Phi) is 6.93. The smallest absolute Gasteiger partial charge is 0.255 e. The summed E-state index contributed by atoms with van der Waals surface area (Å²) in [4.78, 5) is 17.5. The molecular formula is C27H29N3O3. The number of carbonyl (C=O) groups excluding carboxylic acids is 1. The van der Waals surface area contributed by atoms with Gasteiger partial charge in [-0.15, -0.1) is 0 Å². The standard InChI is InChI=1S/C27H29N3O3/c1-19-10-8-15-24(20(19)2)33-17-9-16-30-23-13-6-5-12-22(23)29-26(30)18-28-27(31)21-11-4-7-14-25(21)32-3/h4-8,10-15H,9,16-18H2,1-3H3,(H,28,31). The summed E-state index contributed by atoms with van der Waals surface area (Å²) in [5.74, 6) is 2.09. The van der Waals surface area contributed by atoms with Crippen molar-refractivity contribution in [2.45, 2.75) is 33.4 Å². The van der Waals surface area contributed by atoms with Crippen molar-refractivity contribution in [3.63, 3.8) is 0 Å². The van der Waals surface area contributed by atoms with Crippen LogP contribution in [0, 0.1) is 13.8 Å². The average Bonchev–Trinajstić information content (AvgIpc) is 3.20. The van der Waals surface area contributed by atoms with E-state index in [1.807, 2.05) is 42.5 Å². The molecule has 170 valence electrons. The van der Waals surface area contributed by atoms with Gasteiger partial charge in [0.1, 0.15) is 17.3 Å². The number of aromatic nitrogens is 2. The lowest BCUT2D eigenvalue weighted by atomic mass is 10.1. The summed E-state index contributed by atoms with van der Waals surface area (Å²) in [5.41, 5.74) is 4.86. The van der Waals surface area contributed by atoms with Gasteiger partial charge < -0.3 is 19.4 Å². The first-order chi connectivity index (χ1) is 16.1. The van der Waals surface area contributed by atoms with Crippen LogP contribution in [-0.2, 0) is 13.1 Å². The Labute approximate surface area is 194 Å². The molecule has 0 aliphatic rings. The molecule has 6 heteroatoms. The van der Waals surface area contributed by atoms with Gasteiger partial charge in [-0.25, -0.2) is 4.98 Å². The van der Waals surface area contributed by atoms with Gasteiger partial charge in [0.25, 0.3) is 5.91 Å². The lowest BCUT2D eigenvalue weighted by Crippen LogP contribution is -2.25. The molecule has 0 atom stereocenters. The number of benzene rings is 3. The van der Waals surface area contributed by atoms with E-state index in [2.05, 4.69) is 35.9 Å². The molecule has 1 amide bonds. The van der Waals surface area contributed by atoms with Gasteiger partial charge in [-0.3, -0.25) is 4.79 Å². The van der Waals surface area contributed by atoms with Gasteiger partial charge in [-0.1, -0.05) is 36.4 Å². The van der Waals surface area contributed by atoms with Crippen LogP contribution < -0.4 is 14.8 Å². The molecule has 0 aliphatic heterocycles. The zero-order valence-corrected chi connectivity index (χ0v) is 19.3. The predicted octanol–water partition coefficient (Wildman–Crippen LogP) is 5.06. The van der Waals surface area contributed by atoms with E-state index in [9.17, 15) is 4.79 Å². The molecule has 1 N–H and O–H groups in total. The van der Waals surface area contributed by atoms with E-state index in [-0.39, 0.29) is 5.91 Å². The maximum absolute atomic E-state index is 12.8. The normalized spacial score (nSPS) is 10.9. The number of fused-ring (bicyclic) bond motifs is 1. The number of para-hydroxylation sites is 3. The van der Waals surface area contributed by atoms with Crippen LogP contribution in [-0.4, -0.2) is 29.2 Å². The third-order valence-electron chi connectivity index (χ3n) is 5.83. The maximum atomic E-state index is 12.8. The van der Waals surface area contributed by atoms with E-state index >= 15 is 0 Å². The summed E-state index contributed by atoms with van der Waals surface area (Å²) in [6, 6.07) is 21.3. The zero-order valence-electron chi connectivity index (χ0n) is 19.3. The second kappa shape index (κ2) is 10.2. The summed E-state index contributed by atoms with van der Waals surface area (Å²) in [7, 11) is 1.56. The second-order valence-corrected chi connectivity index (χ2v) is 7.95. The van der Waals surface area contributed by atoms with Crippen molar-refractivity contribution < 1.29 is 14.3 Å². The molecule has 0 saturated heterocycles. The number of carbonyl (C=O) groups is 1. The van der Waals surface area contributed by atoms with Crippen LogP contribution >= 0.6 is 0 Å². The first-order valence-corrected chi connectivity index (χ1v) is 11.1. The monoisotopic (exact) mass is 443 g/mol. The molecule has 33 heavy (non-hydrogen) atoms. The number of nitrogens with one attached hydrogen (secondary N) is 1. The van der Waals surface area contributed by atoms with Crippen LogP contribution in [0.2, 0.25) is 0 Å². The topological polar surface area (TPSA) is 65.4 Å². The Balaban J connectivity index is 1.45. The first-order valence-electron chi connectivity index (χ1n) is 11.1. The lowest BCUT2D eigenvalue weighted by Gasteiger charge is -2.13.